The van der Waals surface area contributed by atoms with Crippen molar-refractivity contribution >= 4 is 51.3 Å². The zero-order chi connectivity index (χ0) is 12.3. The van der Waals surface area contributed by atoms with Gasteiger partial charge in [-0.3, -0.25) is 0 Å². The Morgan fingerprint density at radius 2 is 1.88 bits per heavy atom. The standard InChI is InChI=1S/C11H12I2O3/c1-11(2,3)16-10(14)15-9-5-4-7(12)6-8(9)13/h4-6H,1-3H3. The lowest BCUT2D eigenvalue weighted by molar-refractivity contribution is 0.0204. The third kappa shape index (κ3) is 4.86. The maximum absolute atomic E-state index is 11.4. The van der Waals surface area contributed by atoms with Crippen LogP contribution in [0.2, 0.25) is 0 Å². The van der Waals surface area contributed by atoms with Crippen molar-refractivity contribution in [3.63, 3.8) is 0 Å². The van der Waals surface area contributed by atoms with Crippen molar-refractivity contribution in [3.05, 3.63) is 25.3 Å². The summed E-state index contributed by atoms with van der Waals surface area (Å²) in [5.74, 6) is 0.523. The highest BCUT2D eigenvalue weighted by Gasteiger charge is 2.18. The number of hydrogen-bond donors (Lipinski definition) is 0. The van der Waals surface area contributed by atoms with Gasteiger partial charge in [0.15, 0.2) is 0 Å². The van der Waals surface area contributed by atoms with Crippen LogP contribution in [0.5, 0.6) is 5.75 Å². The third-order valence-electron chi connectivity index (χ3n) is 1.48. The van der Waals surface area contributed by atoms with Gasteiger partial charge in [-0.25, -0.2) is 4.79 Å². The Morgan fingerprint density at radius 3 is 2.38 bits per heavy atom. The van der Waals surface area contributed by atoms with Gasteiger partial charge in [-0.1, -0.05) is 0 Å². The van der Waals surface area contributed by atoms with Crippen molar-refractivity contribution < 1.29 is 14.3 Å². The Bertz CT molecular complexity index is 397. The average molecular weight is 446 g/mol. The van der Waals surface area contributed by atoms with Gasteiger partial charge in [0.25, 0.3) is 0 Å². The summed E-state index contributed by atoms with van der Waals surface area (Å²) < 4.78 is 12.1. The van der Waals surface area contributed by atoms with E-state index in [0.717, 1.165) is 7.14 Å². The van der Waals surface area contributed by atoms with Gasteiger partial charge in [-0.15, -0.1) is 0 Å². The molecule has 88 valence electrons. The van der Waals surface area contributed by atoms with Crippen LogP contribution in [0.3, 0.4) is 0 Å². The molecule has 5 heteroatoms. The summed E-state index contributed by atoms with van der Waals surface area (Å²) in [6.07, 6.45) is -0.674. The van der Waals surface area contributed by atoms with Gasteiger partial charge in [-0.05, 0) is 84.2 Å². The van der Waals surface area contributed by atoms with E-state index < -0.39 is 11.8 Å². The molecular formula is C11H12I2O3. The second-order valence-corrected chi connectivity index (χ2v) is 6.55. The van der Waals surface area contributed by atoms with Crippen LogP contribution in [0, 0.1) is 7.14 Å². The Kier molecular flexibility index (Phi) is 4.84. The molecule has 0 radical (unpaired) electrons. The monoisotopic (exact) mass is 446 g/mol. The summed E-state index contributed by atoms with van der Waals surface area (Å²) in [4.78, 5) is 11.4. The molecule has 0 aromatic heterocycles. The predicted octanol–water partition coefficient (Wildman–Crippen LogP) is 4.21. The number of hydrogen-bond acceptors (Lipinski definition) is 3. The molecule has 0 saturated carbocycles. The highest BCUT2D eigenvalue weighted by atomic mass is 127. The predicted molar refractivity (Wildman–Crippen MR) is 78.7 cm³/mol. The van der Waals surface area contributed by atoms with Crippen LogP contribution < -0.4 is 4.74 Å². The van der Waals surface area contributed by atoms with Gasteiger partial charge in [0.2, 0.25) is 0 Å². The maximum Gasteiger partial charge on any atom is 0.514 e. The molecule has 0 N–H and O–H groups in total. The van der Waals surface area contributed by atoms with Crippen LogP contribution in [-0.2, 0) is 4.74 Å². The highest BCUT2D eigenvalue weighted by Crippen LogP contribution is 2.23. The van der Waals surface area contributed by atoms with E-state index in [0.29, 0.717) is 5.75 Å². The van der Waals surface area contributed by atoms with Crippen molar-refractivity contribution in [3.8, 4) is 5.75 Å². The molecule has 0 amide bonds. The number of carbonyl (C=O) groups excluding carboxylic acids is 1. The minimum absolute atomic E-state index is 0.523. The molecule has 0 fully saturated rings. The largest absolute Gasteiger partial charge is 0.514 e. The van der Waals surface area contributed by atoms with Crippen molar-refractivity contribution in [2.45, 2.75) is 26.4 Å². The molecular weight excluding hydrogens is 434 g/mol. The van der Waals surface area contributed by atoms with Crippen LogP contribution in [0.4, 0.5) is 4.79 Å². The van der Waals surface area contributed by atoms with E-state index in [4.69, 9.17) is 9.47 Å². The van der Waals surface area contributed by atoms with Gasteiger partial charge < -0.3 is 9.47 Å². The smallest absolute Gasteiger partial charge is 0.428 e. The lowest BCUT2D eigenvalue weighted by Crippen LogP contribution is -2.26. The first-order valence-electron chi connectivity index (χ1n) is 4.64. The van der Waals surface area contributed by atoms with Gasteiger partial charge in [-0.2, -0.15) is 0 Å². The fourth-order valence-electron chi connectivity index (χ4n) is 0.919. The van der Waals surface area contributed by atoms with E-state index in [1.165, 1.54) is 0 Å². The van der Waals surface area contributed by atoms with Crippen LogP contribution in [0.25, 0.3) is 0 Å². The highest BCUT2D eigenvalue weighted by molar-refractivity contribution is 14.1. The lowest BCUT2D eigenvalue weighted by atomic mass is 10.2. The summed E-state index contributed by atoms with van der Waals surface area (Å²) in [5.41, 5.74) is -0.536. The summed E-state index contributed by atoms with van der Waals surface area (Å²) in [6, 6.07) is 5.57. The summed E-state index contributed by atoms with van der Waals surface area (Å²) >= 11 is 4.32. The van der Waals surface area contributed by atoms with E-state index in [2.05, 4.69) is 45.2 Å². The maximum atomic E-state index is 11.4. The molecule has 0 heterocycles. The fraction of sp³-hybridized carbons (Fsp3) is 0.364. The van der Waals surface area contributed by atoms with Gasteiger partial charge >= 0.3 is 6.16 Å². The first-order valence-corrected chi connectivity index (χ1v) is 6.79. The van der Waals surface area contributed by atoms with Crippen molar-refractivity contribution in [1.29, 1.82) is 0 Å². The number of benzene rings is 1. The molecule has 0 aliphatic carbocycles. The molecule has 1 aromatic carbocycles. The topological polar surface area (TPSA) is 35.5 Å². The fourth-order valence-corrected chi connectivity index (χ4v) is 2.63. The Labute approximate surface area is 122 Å². The van der Waals surface area contributed by atoms with E-state index in [9.17, 15) is 4.79 Å². The number of carbonyl (C=O) groups is 1. The van der Waals surface area contributed by atoms with Crippen LogP contribution in [0.1, 0.15) is 20.8 Å². The van der Waals surface area contributed by atoms with Crippen LogP contribution >= 0.6 is 45.2 Å². The lowest BCUT2D eigenvalue weighted by Gasteiger charge is -2.18. The minimum Gasteiger partial charge on any atom is -0.428 e. The second kappa shape index (κ2) is 5.52. The number of halogens is 2. The first-order chi connectivity index (χ1) is 7.28. The quantitative estimate of drug-likeness (QED) is 0.369. The van der Waals surface area contributed by atoms with Crippen LogP contribution in [-0.4, -0.2) is 11.8 Å². The molecule has 0 aliphatic heterocycles. The molecule has 16 heavy (non-hydrogen) atoms. The molecule has 3 nitrogen and oxygen atoms in total. The third-order valence-corrected chi connectivity index (χ3v) is 2.99. The van der Waals surface area contributed by atoms with E-state index in [1.807, 2.05) is 12.1 Å². The zero-order valence-electron chi connectivity index (χ0n) is 9.21. The molecule has 0 saturated heterocycles. The molecule has 0 bridgehead atoms. The van der Waals surface area contributed by atoms with E-state index in [-0.39, 0.29) is 0 Å². The first kappa shape index (κ1) is 14.0. The Balaban J connectivity index is 2.70. The van der Waals surface area contributed by atoms with Crippen LogP contribution in [0.15, 0.2) is 18.2 Å². The molecule has 1 aromatic rings. The van der Waals surface area contributed by atoms with Crippen molar-refractivity contribution in [1.82, 2.24) is 0 Å². The van der Waals surface area contributed by atoms with Gasteiger partial charge in [0, 0.05) is 3.57 Å². The number of rotatable bonds is 1. The summed E-state index contributed by atoms with van der Waals surface area (Å²) in [5, 5.41) is 0. The minimum atomic E-state index is -0.674. The van der Waals surface area contributed by atoms with Crippen molar-refractivity contribution in [2.24, 2.45) is 0 Å². The molecule has 0 spiro atoms. The Hall–Kier alpha value is -0.0500. The Morgan fingerprint density at radius 1 is 1.25 bits per heavy atom. The van der Waals surface area contributed by atoms with E-state index in [1.54, 1.807) is 26.8 Å². The molecule has 0 unspecified atom stereocenters. The zero-order valence-corrected chi connectivity index (χ0v) is 13.5. The van der Waals surface area contributed by atoms with Crippen molar-refractivity contribution in [2.75, 3.05) is 0 Å². The van der Waals surface area contributed by atoms with Gasteiger partial charge in [0.1, 0.15) is 11.4 Å². The normalized spacial score (nSPS) is 11.1. The molecule has 1 rings (SSSR count). The molecule has 0 aliphatic rings. The number of ether oxygens (including phenoxy) is 2. The molecule has 0 atom stereocenters. The second-order valence-electron chi connectivity index (χ2n) is 4.14. The average Bonchev–Trinajstić information content (AvgIpc) is 2.06. The summed E-state index contributed by atoms with van der Waals surface area (Å²) in [7, 11) is 0. The van der Waals surface area contributed by atoms with Gasteiger partial charge in [0.05, 0.1) is 3.57 Å². The SMILES string of the molecule is CC(C)(C)OC(=O)Oc1ccc(I)cc1I. The van der Waals surface area contributed by atoms with E-state index >= 15 is 0 Å². The summed E-state index contributed by atoms with van der Waals surface area (Å²) in [6.45, 7) is 5.40.